The van der Waals surface area contributed by atoms with Crippen molar-refractivity contribution in [2.24, 2.45) is 0 Å². The molecule has 0 atom stereocenters. The average Bonchev–Trinajstić information content (AvgIpc) is 3.46. The van der Waals surface area contributed by atoms with Gasteiger partial charge in [0, 0.05) is 34.0 Å². The SMILES string of the molecule is Cc1cc(-c2ncc(-c3sccc3C)cc2C=Cc2ccccc2)cnc1-c1sccc1C. The van der Waals surface area contributed by atoms with Crippen LogP contribution in [0.5, 0.6) is 0 Å². The normalized spacial score (nSPS) is 11.4. The molecule has 0 aliphatic carbocycles. The number of thiophene rings is 2. The zero-order valence-corrected chi connectivity index (χ0v) is 20.5. The van der Waals surface area contributed by atoms with Crippen molar-refractivity contribution in [2.45, 2.75) is 20.8 Å². The van der Waals surface area contributed by atoms with Crippen LogP contribution in [0.25, 0.3) is 44.4 Å². The zero-order valence-electron chi connectivity index (χ0n) is 18.9. The second-order valence-corrected chi connectivity index (χ2v) is 9.99. The smallest absolute Gasteiger partial charge is 0.0833 e. The van der Waals surface area contributed by atoms with Crippen molar-refractivity contribution in [3.63, 3.8) is 0 Å². The molecule has 0 amide bonds. The molecule has 0 bridgehead atoms. The Kier molecular flexibility index (Phi) is 6.03. The topological polar surface area (TPSA) is 25.8 Å². The van der Waals surface area contributed by atoms with E-state index in [9.17, 15) is 0 Å². The molecule has 0 unspecified atom stereocenters. The van der Waals surface area contributed by atoms with Crippen molar-refractivity contribution in [1.29, 1.82) is 0 Å². The first kappa shape index (κ1) is 21.5. The highest BCUT2D eigenvalue weighted by molar-refractivity contribution is 7.14. The van der Waals surface area contributed by atoms with E-state index in [2.05, 4.69) is 92.2 Å². The van der Waals surface area contributed by atoms with Gasteiger partial charge in [-0.1, -0.05) is 42.5 Å². The van der Waals surface area contributed by atoms with Crippen LogP contribution < -0.4 is 0 Å². The summed E-state index contributed by atoms with van der Waals surface area (Å²) in [6.07, 6.45) is 8.26. The molecule has 0 saturated heterocycles. The van der Waals surface area contributed by atoms with Crippen molar-refractivity contribution in [1.82, 2.24) is 9.97 Å². The number of hydrogen-bond acceptors (Lipinski definition) is 4. The van der Waals surface area contributed by atoms with E-state index < -0.39 is 0 Å². The van der Waals surface area contributed by atoms with E-state index in [4.69, 9.17) is 9.97 Å². The van der Waals surface area contributed by atoms with Crippen LogP contribution in [-0.4, -0.2) is 9.97 Å². The lowest BCUT2D eigenvalue weighted by molar-refractivity contribution is 1.24. The molecule has 0 aliphatic heterocycles. The Balaban J connectivity index is 1.60. The van der Waals surface area contributed by atoms with Crippen molar-refractivity contribution in [3.8, 4) is 32.3 Å². The number of rotatable bonds is 5. The van der Waals surface area contributed by atoms with Gasteiger partial charge in [0.1, 0.15) is 0 Å². The maximum Gasteiger partial charge on any atom is 0.0833 e. The van der Waals surface area contributed by atoms with Gasteiger partial charge in [0.05, 0.1) is 16.3 Å². The molecular weight excluding hydrogens is 440 g/mol. The van der Waals surface area contributed by atoms with Gasteiger partial charge in [0.25, 0.3) is 0 Å². The Morgan fingerprint density at radius 3 is 1.97 bits per heavy atom. The Hall–Kier alpha value is -3.34. The van der Waals surface area contributed by atoms with Gasteiger partial charge in [-0.05, 0) is 78.1 Å². The minimum atomic E-state index is 0.949. The second kappa shape index (κ2) is 9.26. The summed E-state index contributed by atoms with van der Waals surface area (Å²) in [4.78, 5) is 12.3. The molecule has 0 saturated carbocycles. The Labute approximate surface area is 203 Å². The van der Waals surface area contributed by atoms with Gasteiger partial charge in [-0.25, -0.2) is 0 Å². The van der Waals surface area contributed by atoms with Gasteiger partial charge in [0.2, 0.25) is 0 Å². The summed E-state index contributed by atoms with van der Waals surface area (Å²) in [5.41, 5.74) is 10.1. The predicted molar refractivity (Wildman–Crippen MR) is 144 cm³/mol. The highest BCUT2D eigenvalue weighted by atomic mass is 32.1. The summed E-state index contributed by atoms with van der Waals surface area (Å²) in [5.74, 6) is 0. The largest absolute Gasteiger partial charge is 0.255 e. The molecule has 0 radical (unpaired) electrons. The van der Waals surface area contributed by atoms with Crippen LogP contribution in [0.1, 0.15) is 27.8 Å². The summed E-state index contributed by atoms with van der Waals surface area (Å²) in [6, 6.07) is 19.1. The van der Waals surface area contributed by atoms with Gasteiger partial charge in [-0.15, -0.1) is 22.7 Å². The number of hydrogen-bond donors (Lipinski definition) is 0. The van der Waals surface area contributed by atoms with Gasteiger partial charge >= 0.3 is 0 Å². The van der Waals surface area contributed by atoms with E-state index in [1.165, 1.54) is 26.4 Å². The number of pyridine rings is 2. The van der Waals surface area contributed by atoms with Crippen molar-refractivity contribution >= 4 is 34.8 Å². The lowest BCUT2D eigenvalue weighted by Gasteiger charge is -2.11. The summed E-state index contributed by atoms with van der Waals surface area (Å²) >= 11 is 3.50. The van der Waals surface area contributed by atoms with Gasteiger partial charge in [-0.2, -0.15) is 0 Å². The molecule has 5 aromatic rings. The summed E-state index contributed by atoms with van der Waals surface area (Å²) in [5, 5.41) is 4.26. The summed E-state index contributed by atoms with van der Waals surface area (Å²) < 4.78 is 0. The fraction of sp³-hybridized carbons (Fsp3) is 0.103. The van der Waals surface area contributed by atoms with Crippen LogP contribution >= 0.6 is 22.7 Å². The molecule has 4 heteroatoms. The van der Waals surface area contributed by atoms with Crippen molar-refractivity contribution in [2.75, 3.05) is 0 Å². The fourth-order valence-electron chi connectivity index (χ4n) is 3.95. The third kappa shape index (κ3) is 4.45. The van der Waals surface area contributed by atoms with Gasteiger partial charge < -0.3 is 0 Å². The molecule has 1 aromatic carbocycles. The van der Waals surface area contributed by atoms with E-state index in [1.807, 2.05) is 18.5 Å². The molecule has 5 rings (SSSR count). The average molecular weight is 465 g/mol. The molecular formula is C29H24N2S2. The molecule has 2 nitrogen and oxygen atoms in total. The lowest BCUT2D eigenvalue weighted by atomic mass is 10.0. The van der Waals surface area contributed by atoms with Crippen LogP contribution in [0.2, 0.25) is 0 Å². The third-order valence-corrected chi connectivity index (χ3v) is 7.81. The minimum Gasteiger partial charge on any atom is -0.255 e. The Morgan fingerprint density at radius 1 is 0.636 bits per heavy atom. The first-order valence-corrected chi connectivity index (χ1v) is 12.7. The minimum absolute atomic E-state index is 0.949. The van der Waals surface area contributed by atoms with E-state index in [-0.39, 0.29) is 0 Å². The molecule has 4 aromatic heterocycles. The summed E-state index contributed by atoms with van der Waals surface area (Å²) in [7, 11) is 0. The molecule has 0 aliphatic rings. The van der Waals surface area contributed by atoms with Crippen molar-refractivity contribution in [3.05, 3.63) is 106 Å². The maximum atomic E-state index is 4.93. The van der Waals surface area contributed by atoms with Crippen LogP contribution in [-0.2, 0) is 0 Å². The van der Waals surface area contributed by atoms with Crippen LogP contribution in [0, 0.1) is 20.8 Å². The van der Waals surface area contributed by atoms with Gasteiger partial charge in [-0.3, -0.25) is 9.97 Å². The number of benzene rings is 1. The lowest BCUT2D eigenvalue weighted by Crippen LogP contribution is -1.94. The first-order chi connectivity index (χ1) is 16.1. The molecule has 0 spiro atoms. The number of aryl methyl sites for hydroxylation is 3. The molecule has 33 heavy (non-hydrogen) atoms. The monoisotopic (exact) mass is 464 g/mol. The van der Waals surface area contributed by atoms with Crippen LogP contribution in [0.4, 0.5) is 0 Å². The third-order valence-electron chi connectivity index (χ3n) is 5.73. The van der Waals surface area contributed by atoms with Crippen LogP contribution in [0.3, 0.4) is 0 Å². The molecule has 0 N–H and O–H groups in total. The number of nitrogens with zero attached hydrogens (tertiary/aromatic N) is 2. The zero-order chi connectivity index (χ0) is 22.8. The van der Waals surface area contributed by atoms with E-state index >= 15 is 0 Å². The van der Waals surface area contributed by atoms with E-state index in [1.54, 1.807) is 22.7 Å². The predicted octanol–water partition coefficient (Wildman–Crippen LogP) is 8.70. The quantitative estimate of drug-likeness (QED) is 0.260. The summed E-state index contributed by atoms with van der Waals surface area (Å²) in [6.45, 7) is 6.42. The van der Waals surface area contributed by atoms with Gasteiger partial charge in [0.15, 0.2) is 0 Å². The second-order valence-electron chi connectivity index (χ2n) is 8.16. The first-order valence-electron chi connectivity index (χ1n) is 10.9. The Morgan fingerprint density at radius 2 is 1.30 bits per heavy atom. The van der Waals surface area contributed by atoms with Crippen LogP contribution in [0.15, 0.2) is 77.8 Å². The standard InChI is InChI=1S/C29H24N2S2/c1-19-11-13-32-28(19)25-16-23(10-9-22-7-5-4-6-8-22)27(31-18-25)24-15-21(3)26(30-17-24)29-20(2)12-14-33-29/h4-18H,1-3H3. The molecule has 162 valence electrons. The highest BCUT2D eigenvalue weighted by Crippen LogP contribution is 2.35. The molecule has 4 heterocycles. The fourth-order valence-corrected chi connectivity index (χ4v) is 5.85. The number of aromatic nitrogens is 2. The Bertz CT molecular complexity index is 1440. The van der Waals surface area contributed by atoms with E-state index in [0.29, 0.717) is 0 Å². The van der Waals surface area contributed by atoms with E-state index in [0.717, 1.165) is 33.6 Å². The maximum absolute atomic E-state index is 4.93. The highest BCUT2D eigenvalue weighted by Gasteiger charge is 2.14. The molecule has 0 fully saturated rings. The van der Waals surface area contributed by atoms with Crippen molar-refractivity contribution < 1.29 is 0 Å².